The highest BCUT2D eigenvalue weighted by molar-refractivity contribution is 9.08. The van der Waals surface area contributed by atoms with E-state index in [1.54, 1.807) is 0 Å². The van der Waals surface area contributed by atoms with Crippen molar-refractivity contribution in [2.24, 2.45) is 0 Å². The summed E-state index contributed by atoms with van der Waals surface area (Å²) in [5.74, 6) is 0. The number of halogens is 2. The molecule has 2 rings (SSSR count). The summed E-state index contributed by atoms with van der Waals surface area (Å²) in [4.78, 5) is 4.96. The first-order valence-corrected chi connectivity index (χ1v) is 8.45. The van der Waals surface area contributed by atoms with Crippen molar-refractivity contribution in [3.05, 3.63) is 28.8 Å². The van der Waals surface area contributed by atoms with Crippen LogP contribution in [0.4, 0.5) is 5.69 Å². The Bertz CT molecular complexity index is 417. The predicted molar refractivity (Wildman–Crippen MR) is 87.6 cm³/mol. The van der Waals surface area contributed by atoms with Crippen molar-refractivity contribution in [1.82, 2.24) is 4.90 Å². The van der Waals surface area contributed by atoms with Gasteiger partial charge in [-0.25, -0.2) is 0 Å². The molecular formula is C15H22BrClN2. The van der Waals surface area contributed by atoms with Crippen LogP contribution in [0.2, 0.25) is 5.02 Å². The second-order valence-corrected chi connectivity index (χ2v) is 6.18. The fraction of sp³-hybridized carbons (Fsp3) is 0.600. The first-order valence-electron chi connectivity index (χ1n) is 6.95. The average Bonchev–Trinajstić information content (AvgIpc) is 2.46. The van der Waals surface area contributed by atoms with E-state index < -0.39 is 0 Å². The Hall–Kier alpha value is -0.250. The lowest BCUT2D eigenvalue weighted by Crippen LogP contribution is -2.43. The number of hydrogen-bond acceptors (Lipinski definition) is 2. The molecule has 106 valence electrons. The zero-order valence-electron chi connectivity index (χ0n) is 11.7. The molecule has 0 unspecified atom stereocenters. The van der Waals surface area contributed by atoms with Crippen LogP contribution >= 0.6 is 27.5 Å². The standard InChI is InChI=1S/C15H22BrClN2/c1-3-19-8-6-14(7-9-19)18(2)15-5-4-13(17)10-12(15)11-16/h4-5,10,14H,3,6-9,11H2,1-2H3. The maximum absolute atomic E-state index is 6.08. The summed E-state index contributed by atoms with van der Waals surface area (Å²) in [6.45, 7) is 5.84. The minimum Gasteiger partial charge on any atom is -0.371 e. The van der Waals surface area contributed by atoms with Gasteiger partial charge in [-0.15, -0.1) is 0 Å². The Morgan fingerprint density at radius 3 is 2.63 bits per heavy atom. The van der Waals surface area contributed by atoms with E-state index in [-0.39, 0.29) is 0 Å². The van der Waals surface area contributed by atoms with E-state index in [9.17, 15) is 0 Å². The van der Waals surface area contributed by atoms with Gasteiger partial charge in [-0.05, 0) is 43.1 Å². The Morgan fingerprint density at radius 2 is 2.05 bits per heavy atom. The van der Waals surface area contributed by atoms with Crippen LogP contribution in [0.25, 0.3) is 0 Å². The van der Waals surface area contributed by atoms with Crippen molar-refractivity contribution in [2.75, 3.05) is 31.6 Å². The zero-order valence-corrected chi connectivity index (χ0v) is 14.0. The van der Waals surface area contributed by atoms with Crippen molar-refractivity contribution < 1.29 is 0 Å². The lowest BCUT2D eigenvalue weighted by molar-refractivity contribution is 0.221. The number of likely N-dealkylation sites (tertiary alicyclic amines) is 1. The molecule has 0 N–H and O–H groups in total. The third-order valence-corrected chi connectivity index (χ3v) is 4.96. The summed E-state index contributed by atoms with van der Waals surface area (Å²) in [5, 5.41) is 1.66. The molecule has 0 amide bonds. The monoisotopic (exact) mass is 344 g/mol. The van der Waals surface area contributed by atoms with Crippen molar-refractivity contribution in [3.8, 4) is 0 Å². The fourth-order valence-electron chi connectivity index (χ4n) is 2.82. The predicted octanol–water partition coefficient (Wildman–Crippen LogP) is 4.16. The third kappa shape index (κ3) is 3.65. The van der Waals surface area contributed by atoms with E-state index in [1.165, 1.54) is 43.7 Å². The highest BCUT2D eigenvalue weighted by atomic mass is 79.9. The lowest BCUT2D eigenvalue weighted by atomic mass is 10.0. The molecule has 1 aliphatic rings. The minimum atomic E-state index is 0.641. The van der Waals surface area contributed by atoms with Crippen LogP contribution in [-0.2, 0) is 5.33 Å². The molecule has 2 nitrogen and oxygen atoms in total. The molecule has 1 fully saturated rings. The molecule has 0 radical (unpaired) electrons. The SMILES string of the molecule is CCN1CCC(N(C)c2ccc(Cl)cc2CBr)CC1. The Morgan fingerprint density at radius 1 is 1.37 bits per heavy atom. The van der Waals surface area contributed by atoms with E-state index in [4.69, 9.17) is 11.6 Å². The molecule has 1 aliphatic heterocycles. The number of alkyl halides is 1. The number of nitrogens with zero attached hydrogens (tertiary/aromatic N) is 2. The van der Waals surface area contributed by atoms with Gasteiger partial charge in [0.05, 0.1) is 0 Å². The summed E-state index contributed by atoms with van der Waals surface area (Å²) in [7, 11) is 2.21. The molecule has 0 aromatic heterocycles. The molecule has 0 atom stereocenters. The molecular weight excluding hydrogens is 324 g/mol. The fourth-order valence-corrected chi connectivity index (χ4v) is 3.47. The van der Waals surface area contributed by atoms with Gasteiger partial charge in [0.2, 0.25) is 0 Å². The van der Waals surface area contributed by atoms with Crippen LogP contribution in [0.5, 0.6) is 0 Å². The van der Waals surface area contributed by atoms with Gasteiger partial charge in [0.25, 0.3) is 0 Å². The number of benzene rings is 1. The van der Waals surface area contributed by atoms with Crippen molar-refractivity contribution >= 4 is 33.2 Å². The summed E-state index contributed by atoms with van der Waals surface area (Å²) in [6, 6.07) is 6.83. The maximum atomic E-state index is 6.08. The molecule has 0 aliphatic carbocycles. The molecule has 0 bridgehead atoms. The molecule has 1 saturated heterocycles. The topological polar surface area (TPSA) is 6.48 Å². The molecule has 4 heteroatoms. The molecule has 1 aromatic rings. The van der Waals surface area contributed by atoms with Gasteiger partial charge in [0.15, 0.2) is 0 Å². The lowest BCUT2D eigenvalue weighted by Gasteiger charge is -2.38. The quantitative estimate of drug-likeness (QED) is 0.756. The summed E-state index contributed by atoms with van der Waals surface area (Å²) >= 11 is 9.64. The van der Waals surface area contributed by atoms with Crippen LogP contribution in [-0.4, -0.2) is 37.6 Å². The van der Waals surface area contributed by atoms with Gasteiger partial charge >= 0.3 is 0 Å². The largest absolute Gasteiger partial charge is 0.371 e. The molecule has 0 spiro atoms. The maximum Gasteiger partial charge on any atom is 0.0410 e. The summed E-state index contributed by atoms with van der Waals surface area (Å²) in [5.41, 5.74) is 2.57. The summed E-state index contributed by atoms with van der Waals surface area (Å²) in [6.07, 6.45) is 2.49. The Labute approximate surface area is 129 Å². The van der Waals surface area contributed by atoms with Crippen LogP contribution in [0.1, 0.15) is 25.3 Å². The number of piperidine rings is 1. The Kier molecular flexibility index (Phi) is 5.55. The average molecular weight is 346 g/mol. The van der Waals surface area contributed by atoms with E-state index in [0.29, 0.717) is 6.04 Å². The normalized spacial score (nSPS) is 17.7. The van der Waals surface area contributed by atoms with Gasteiger partial charge in [0, 0.05) is 42.2 Å². The number of anilines is 1. The molecule has 19 heavy (non-hydrogen) atoms. The minimum absolute atomic E-state index is 0.641. The third-order valence-electron chi connectivity index (χ3n) is 4.12. The first-order chi connectivity index (χ1) is 9.15. The first kappa shape index (κ1) is 15.1. The second kappa shape index (κ2) is 6.96. The van der Waals surface area contributed by atoms with Gasteiger partial charge in [-0.3, -0.25) is 0 Å². The molecule has 1 heterocycles. The highest BCUT2D eigenvalue weighted by Gasteiger charge is 2.22. The highest BCUT2D eigenvalue weighted by Crippen LogP contribution is 2.29. The smallest absolute Gasteiger partial charge is 0.0410 e. The van der Waals surface area contributed by atoms with Gasteiger partial charge in [-0.2, -0.15) is 0 Å². The van der Waals surface area contributed by atoms with Crippen LogP contribution in [0, 0.1) is 0 Å². The number of rotatable bonds is 4. The van der Waals surface area contributed by atoms with Gasteiger partial charge < -0.3 is 9.80 Å². The van der Waals surface area contributed by atoms with E-state index in [2.05, 4.69) is 51.8 Å². The molecule has 1 aromatic carbocycles. The molecule has 0 saturated carbocycles. The van der Waals surface area contributed by atoms with Crippen molar-refractivity contribution in [2.45, 2.75) is 31.1 Å². The van der Waals surface area contributed by atoms with Crippen molar-refractivity contribution in [3.63, 3.8) is 0 Å². The van der Waals surface area contributed by atoms with E-state index in [0.717, 1.165) is 10.4 Å². The van der Waals surface area contributed by atoms with Crippen molar-refractivity contribution in [1.29, 1.82) is 0 Å². The van der Waals surface area contributed by atoms with Crippen LogP contribution in [0.3, 0.4) is 0 Å². The number of hydrogen-bond donors (Lipinski definition) is 0. The van der Waals surface area contributed by atoms with E-state index in [1.807, 2.05) is 6.07 Å². The van der Waals surface area contributed by atoms with Crippen LogP contribution in [0.15, 0.2) is 18.2 Å². The van der Waals surface area contributed by atoms with Crippen LogP contribution < -0.4 is 4.90 Å². The van der Waals surface area contributed by atoms with Gasteiger partial charge in [-0.1, -0.05) is 34.5 Å². The second-order valence-electron chi connectivity index (χ2n) is 5.18. The summed E-state index contributed by atoms with van der Waals surface area (Å²) < 4.78 is 0. The zero-order chi connectivity index (χ0) is 13.8. The van der Waals surface area contributed by atoms with E-state index >= 15 is 0 Å². The van der Waals surface area contributed by atoms with Gasteiger partial charge in [0.1, 0.15) is 0 Å². The Balaban J connectivity index is 2.09.